The molecule has 0 aromatic rings. The van der Waals surface area contributed by atoms with Crippen LogP contribution in [-0.4, -0.2) is 74.1 Å². The zero-order chi connectivity index (χ0) is 21.4. The van der Waals surface area contributed by atoms with Crippen molar-refractivity contribution in [2.24, 2.45) is 5.92 Å². The molecule has 6 heteroatoms. The number of epoxide rings is 2. The SMILES string of the molecule is CO[C@@H]1C(=CC(=O)NCCN2CCCC2)CC[C@]2(CO2)[C@H]1C1(C)O[C@@H]1CC=C(C)C. The number of hydrogen-bond acceptors (Lipinski definition) is 5. The van der Waals surface area contributed by atoms with E-state index in [4.69, 9.17) is 14.2 Å². The summed E-state index contributed by atoms with van der Waals surface area (Å²) < 4.78 is 18.2. The molecule has 4 rings (SSSR count). The van der Waals surface area contributed by atoms with Gasteiger partial charge in [0.1, 0.15) is 11.2 Å². The van der Waals surface area contributed by atoms with Crippen LogP contribution in [0.5, 0.6) is 0 Å². The predicted octanol–water partition coefficient (Wildman–Crippen LogP) is 2.83. The smallest absolute Gasteiger partial charge is 0.244 e. The Hall–Kier alpha value is -1.21. The number of methoxy groups -OCH3 is 1. The molecule has 1 amide bonds. The van der Waals surface area contributed by atoms with Crippen LogP contribution >= 0.6 is 0 Å². The topological polar surface area (TPSA) is 66.6 Å². The Labute approximate surface area is 181 Å². The highest BCUT2D eigenvalue weighted by Crippen LogP contribution is 2.60. The minimum atomic E-state index is -0.269. The van der Waals surface area contributed by atoms with Crippen LogP contribution in [0, 0.1) is 5.92 Å². The molecule has 1 aliphatic carbocycles. The fraction of sp³-hybridized carbons (Fsp3) is 0.792. The van der Waals surface area contributed by atoms with Gasteiger partial charge in [0.05, 0.1) is 24.7 Å². The molecule has 6 nitrogen and oxygen atoms in total. The first-order valence-corrected chi connectivity index (χ1v) is 11.6. The van der Waals surface area contributed by atoms with E-state index in [2.05, 4.69) is 37.1 Å². The first-order valence-electron chi connectivity index (χ1n) is 11.6. The molecule has 168 valence electrons. The van der Waals surface area contributed by atoms with Crippen LogP contribution in [0.15, 0.2) is 23.3 Å². The summed E-state index contributed by atoms with van der Waals surface area (Å²) in [4.78, 5) is 15.0. The summed E-state index contributed by atoms with van der Waals surface area (Å²) in [6, 6.07) is 0. The van der Waals surface area contributed by atoms with Crippen molar-refractivity contribution in [2.45, 2.75) is 76.3 Å². The monoisotopic (exact) mass is 418 g/mol. The lowest BCUT2D eigenvalue weighted by atomic mass is 9.67. The van der Waals surface area contributed by atoms with Crippen molar-refractivity contribution in [2.75, 3.05) is 39.9 Å². The number of ether oxygens (including phenoxy) is 3. The second-order valence-electron chi connectivity index (χ2n) is 9.85. The van der Waals surface area contributed by atoms with E-state index in [1.54, 1.807) is 13.2 Å². The van der Waals surface area contributed by atoms with Gasteiger partial charge < -0.3 is 24.4 Å². The van der Waals surface area contributed by atoms with Crippen molar-refractivity contribution in [3.8, 4) is 0 Å². The first-order chi connectivity index (χ1) is 14.4. The molecule has 0 radical (unpaired) electrons. The largest absolute Gasteiger partial charge is 0.377 e. The minimum absolute atomic E-state index is 0.0133. The number of hydrogen-bond donors (Lipinski definition) is 1. The second-order valence-corrected chi connectivity index (χ2v) is 9.85. The van der Waals surface area contributed by atoms with Crippen LogP contribution in [0.2, 0.25) is 0 Å². The Kier molecular flexibility index (Phi) is 6.40. The Morgan fingerprint density at radius 1 is 1.33 bits per heavy atom. The molecule has 0 aromatic carbocycles. The summed E-state index contributed by atoms with van der Waals surface area (Å²) >= 11 is 0. The van der Waals surface area contributed by atoms with E-state index in [0.29, 0.717) is 6.54 Å². The van der Waals surface area contributed by atoms with Gasteiger partial charge in [-0.2, -0.15) is 0 Å². The van der Waals surface area contributed by atoms with Crippen LogP contribution in [0.4, 0.5) is 0 Å². The lowest BCUT2D eigenvalue weighted by Gasteiger charge is -2.40. The third kappa shape index (κ3) is 4.52. The van der Waals surface area contributed by atoms with Crippen molar-refractivity contribution >= 4 is 5.91 Å². The van der Waals surface area contributed by atoms with Crippen molar-refractivity contribution in [1.29, 1.82) is 0 Å². The zero-order valence-electron chi connectivity index (χ0n) is 19.0. The zero-order valence-corrected chi connectivity index (χ0v) is 19.0. The number of rotatable bonds is 8. The maximum atomic E-state index is 12.6. The van der Waals surface area contributed by atoms with Gasteiger partial charge >= 0.3 is 0 Å². The van der Waals surface area contributed by atoms with E-state index in [9.17, 15) is 4.79 Å². The second kappa shape index (κ2) is 8.73. The molecule has 1 unspecified atom stereocenters. The molecule has 3 aliphatic heterocycles. The number of amides is 1. The third-order valence-corrected chi connectivity index (χ3v) is 7.42. The van der Waals surface area contributed by atoms with Gasteiger partial charge in [0.2, 0.25) is 5.91 Å². The normalized spacial score (nSPS) is 39.3. The first kappa shape index (κ1) is 22.0. The molecule has 5 atom stereocenters. The Bertz CT molecular complexity index is 704. The Morgan fingerprint density at radius 2 is 2.07 bits per heavy atom. The summed E-state index contributed by atoms with van der Waals surface area (Å²) in [6.45, 7) is 11.1. The quantitative estimate of drug-likeness (QED) is 0.373. The van der Waals surface area contributed by atoms with Gasteiger partial charge in [0.15, 0.2) is 0 Å². The van der Waals surface area contributed by atoms with Crippen molar-refractivity contribution < 1.29 is 19.0 Å². The van der Waals surface area contributed by atoms with E-state index in [0.717, 1.165) is 51.1 Å². The van der Waals surface area contributed by atoms with Gasteiger partial charge in [0, 0.05) is 26.3 Å². The van der Waals surface area contributed by atoms with Crippen LogP contribution in [0.3, 0.4) is 0 Å². The van der Waals surface area contributed by atoms with E-state index >= 15 is 0 Å². The van der Waals surface area contributed by atoms with Crippen LogP contribution < -0.4 is 5.32 Å². The molecule has 0 aromatic heterocycles. The minimum Gasteiger partial charge on any atom is -0.377 e. The molecule has 3 saturated heterocycles. The third-order valence-electron chi connectivity index (χ3n) is 7.42. The number of likely N-dealkylation sites (tertiary alicyclic amines) is 1. The molecule has 4 aliphatic rings. The Morgan fingerprint density at radius 3 is 2.70 bits per heavy atom. The van der Waals surface area contributed by atoms with E-state index < -0.39 is 0 Å². The van der Waals surface area contributed by atoms with Crippen LogP contribution in [0.1, 0.15) is 52.9 Å². The van der Waals surface area contributed by atoms with Gasteiger partial charge in [-0.1, -0.05) is 11.6 Å². The average Bonchev–Trinajstić information content (AvgIpc) is 3.55. The van der Waals surface area contributed by atoms with E-state index in [1.807, 2.05) is 0 Å². The molecule has 0 bridgehead atoms. The highest BCUT2D eigenvalue weighted by atomic mass is 16.6. The molecule has 1 saturated carbocycles. The van der Waals surface area contributed by atoms with Crippen molar-refractivity contribution in [1.82, 2.24) is 10.2 Å². The summed E-state index contributed by atoms with van der Waals surface area (Å²) in [7, 11) is 1.75. The van der Waals surface area contributed by atoms with Crippen LogP contribution in [-0.2, 0) is 19.0 Å². The van der Waals surface area contributed by atoms with Crippen molar-refractivity contribution in [3.63, 3.8) is 0 Å². The highest BCUT2D eigenvalue weighted by Gasteiger charge is 2.71. The number of carbonyl (C=O) groups is 1. The summed E-state index contributed by atoms with van der Waals surface area (Å²) in [5.41, 5.74) is 1.96. The number of allylic oxidation sites excluding steroid dienone is 1. The number of nitrogens with zero attached hydrogens (tertiary/aromatic N) is 1. The summed E-state index contributed by atoms with van der Waals surface area (Å²) in [5, 5.41) is 3.07. The molecular formula is C24H38N2O4. The predicted molar refractivity (Wildman–Crippen MR) is 116 cm³/mol. The van der Waals surface area contributed by atoms with Gasteiger partial charge in [0.25, 0.3) is 0 Å². The lowest BCUT2D eigenvalue weighted by Crippen LogP contribution is -2.50. The molecule has 30 heavy (non-hydrogen) atoms. The van der Waals surface area contributed by atoms with Gasteiger partial charge in [-0.25, -0.2) is 0 Å². The molecular weight excluding hydrogens is 380 g/mol. The molecule has 1 N–H and O–H groups in total. The van der Waals surface area contributed by atoms with Gasteiger partial charge in [-0.05, 0) is 71.5 Å². The van der Waals surface area contributed by atoms with E-state index in [-0.39, 0.29) is 35.2 Å². The summed E-state index contributed by atoms with van der Waals surface area (Å²) in [6.07, 6.45) is 9.28. The lowest BCUT2D eigenvalue weighted by molar-refractivity contribution is -0.116. The standard InChI is InChI=1S/C24H38N2O4/c1-17(2)7-8-19-23(3,30-19)22-21(28-4)18(9-10-24(22)16-29-24)15-20(27)25-11-14-26-12-5-6-13-26/h7,15,19,21-22H,5-6,8-14,16H2,1-4H3,(H,25,27)/t19-,21-,22-,23?,24+/m1/s1. The maximum absolute atomic E-state index is 12.6. The fourth-order valence-corrected chi connectivity index (χ4v) is 5.56. The van der Waals surface area contributed by atoms with Crippen LogP contribution in [0.25, 0.3) is 0 Å². The van der Waals surface area contributed by atoms with E-state index in [1.165, 1.54) is 18.4 Å². The highest BCUT2D eigenvalue weighted by molar-refractivity contribution is 5.88. The van der Waals surface area contributed by atoms with Crippen molar-refractivity contribution in [3.05, 3.63) is 23.3 Å². The average molecular weight is 419 g/mol. The summed E-state index contributed by atoms with van der Waals surface area (Å²) in [5.74, 6) is 0.101. The maximum Gasteiger partial charge on any atom is 0.244 e. The van der Waals surface area contributed by atoms with Gasteiger partial charge in [-0.15, -0.1) is 0 Å². The van der Waals surface area contributed by atoms with Gasteiger partial charge in [-0.3, -0.25) is 4.79 Å². The molecule has 3 heterocycles. The number of nitrogens with one attached hydrogen (secondary N) is 1. The Balaban J connectivity index is 1.41. The fourth-order valence-electron chi connectivity index (χ4n) is 5.56. The molecule has 1 spiro atoms. The molecule has 4 fully saturated rings. The number of carbonyl (C=O) groups excluding carboxylic acids is 1.